The van der Waals surface area contributed by atoms with Gasteiger partial charge in [0.1, 0.15) is 0 Å². The lowest BCUT2D eigenvalue weighted by Gasteiger charge is -2.43. The van der Waals surface area contributed by atoms with Gasteiger partial charge in [-0.3, -0.25) is 9.59 Å². The number of nitrogens with zero attached hydrogens (tertiary/aromatic N) is 1. The Balaban J connectivity index is 1.74. The molecule has 1 amide bonds. The van der Waals surface area contributed by atoms with Gasteiger partial charge >= 0.3 is 5.97 Å². The molecule has 130 valence electrons. The number of piperidine rings is 1. The molecule has 1 spiro atoms. The van der Waals surface area contributed by atoms with Crippen molar-refractivity contribution < 1.29 is 23.8 Å². The molecule has 6 heteroatoms. The highest BCUT2D eigenvalue weighted by Gasteiger charge is 2.49. The summed E-state index contributed by atoms with van der Waals surface area (Å²) in [5.74, 6) is -1.30. The Morgan fingerprint density at radius 1 is 1.25 bits per heavy atom. The van der Waals surface area contributed by atoms with Crippen molar-refractivity contribution in [3.8, 4) is 0 Å². The number of benzene rings is 1. The fourth-order valence-corrected chi connectivity index (χ4v) is 3.43. The van der Waals surface area contributed by atoms with Gasteiger partial charge in [-0.05, 0) is 19.1 Å². The van der Waals surface area contributed by atoms with Crippen LogP contribution in [0, 0.1) is 5.92 Å². The van der Waals surface area contributed by atoms with E-state index in [0.29, 0.717) is 44.9 Å². The molecule has 24 heavy (non-hydrogen) atoms. The first-order valence-corrected chi connectivity index (χ1v) is 8.42. The normalized spacial score (nSPS) is 22.5. The van der Waals surface area contributed by atoms with Crippen LogP contribution in [0.3, 0.4) is 0 Å². The van der Waals surface area contributed by atoms with Crippen molar-refractivity contribution >= 4 is 11.9 Å². The van der Waals surface area contributed by atoms with Gasteiger partial charge in [0.15, 0.2) is 5.79 Å². The number of hydrogen-bond acceptors (Lipinski definition) is 5. The van der Waals surface area contributed by atoms with E-state index in [9.17, 15) is 9.59 Å². The van der Waals surface area contributed by atoms with Crippen molar-refractivity contribution in [2.75, 3.05) is 32.9 Å². The molecule has 1 unspecified atom stereocenters. The van der Waals surface area contributed by atoms with E-state index in [1.807, 2.05) is 18.2 Å². The summed E-state index contributed by atoms with van der Waals surface area (Å²) in [7, 11) is 0. The topological polar surface area (TPSA) is 65.1 Å². The van der Waals surface area contributed by atoms with Crippen LogP contribution in [0.1, 0.15) is 30.1 Å². The lowest BCUT2D eigenvalue weighted by Crippen LogP contribution is -2.54. The molecule has 2 heterocycles. The molecule has 0 aromatic heterocycles. The van der Waals surface area contributed by atoms with Gasteiger partial charge in [0.25, 0.3) is 5.91 Å². The summed E-state index contributed by atoms with van der Waals surface area (Å²) < 4.78 is 16.8. The van der Waals surface area contributed by atoms with Crippen LogP contribution >= 0.6 is 0 Å². The Bertz CT molecular complexity index is 582. The van der Waals surface area contributed by atoms with Gasteiger partial charge in [0.2, 0.25) is 0 Å². The van der Waals surface area contributed by atoms with Gasteiger partial charge < -0.3 is 19.1 Å². The third kappa shape index (κ3) is 3.44. The molecule has 0 bridgehead atoms. The Labute approximate surface area is 141 Å². The van der Waals surface area contributed by atoms with Crippen LogP contribution in [0.25, 0.3) is 0 Å². The number of ether oxygens (including phenoxy) is 3. The van der Waals surface area contributed by atoms with E-state index >= 15 is 0 Å². The molecule has 0 N–H and O–H groups in total. The van der Waals surface area contributed by atoms with E-state index in [1.54, 1.807) is 24.0 Å². The minimum absolute atomic E-state index is 0.0303. The highest BCUT2D eigenvalue weighted by atomic mass is 16.7. The Morgan fingerprint density at radius 3 is 2.62 bits per heavy atom. The second kappa shape index (κ2) is 7.32. The first-order chi connectivity index (χ1) is 11.6. The summed E-state index contributed by atoms with van der Waals surface area (Å²) in [5.41, 5.74) is 0.650. The van der Waals surface area contributed by atoms with Gasteiger partial charge in [-0.15, -0.1) is 0 Å². The number of likely N-dealkylation sites (tertiary alicyclic amines) is 1. The van der Waals surface area contributed by atoms with E-state index in [0.717, 1.165) is 0 Å². The molecular formula is C18H23NO5. The minimum atomic E-state index is -0.764. The molecule has 1 aromatic rings. The molecule has 2 fully saturated rings. The van der Waals surface area contributed by atoms with Crippen molar-refractivity contribution in [1.29, 1.82) is 0 Å². The summed E-state index contributed by atoms with van der Waals surface area (Å²) in [6, 6.07) is 9.17. The van der Waals surface area contributed by atoms with Crippen LogP contribution in [0.4, 0.5) is 0 Å². The Morgan fingerprint density at radius 2 is 1.96 bits per heavy atom. The monoisotopic (exact) mass is 333 g/mol. The van der Waals surface area contributed by atoms with Gasteiger partial charge in [-0.2, -0.15) is 0 Å². The predicted octanol–water partition coefficient (Wildman–Crippen LogP) is 1.84. The SMILES string of the molecule is CCOC(=O)CC1CN(C(=O)c2ccccc2)CCC12OCCO2. The molecule has 0 saturated carbocycles. The number of rotatable bonds is 4. The zero-order chi connectivity index (χ0) is 17.0. The van der Waals surface area contributed by atoms with Crippen LogP contribution in [-0.4, -0.2) is 55.5 Å². The molecule has 2 aliphatic heterocycles. The number of carbonyl (C=O) groups excluding carboxylic acids is 2. The number of esters is 1. The van der Waals surface area contributed by atoms with Gasteiger partial charge in [-0.25, -0.2) is 0 Å². The van der Waals surface area contributed by atoms with Crippen molar-refractivity contribution in [3.05, 3.63) is 35.9 Å². The molecular weight excluding hydrogens is 310 g/mol. The standard InChI is InChI=1S/C18H23NO5/c1-2-22-16(20)12-15-13-19(9-8-18(15)23-10-11-24-18)17(21)14-6-4-3-5-7-14/h3-7,15H,2,8-13H2,1H3. The number of amides is 1. The number of carbonyl (C=O) groups is 2. The van der Waals surface area contributed by atoms with Crippen molar-refractivity contribution in [1.82, 2.24) is 4.90 Å². The summed E-state index contributed by atoms with van der Waals surface area (Å²) in [5, 5.41) is 0. The van der Waals surface area contributed by atoms with Crippen molar-refractivity contribution in [3.63, 3.8) is 0 Å². The highest BCUT2D eigenvalue weighted by molar-refractivity contribution is 5.94. The van der Waals surface area contributed by atoms with Gasteiger partial charge in [0.05, 0.1) is 26.2 Å². The lowest BCUT2D eigenvalue weighted by atomic mass is 9.87. The third-order valence-electron chi connectivity index (χ3n) is 4.60. The minimum Gasteiger partial charge on any atom is -0.466 e. The second-order valence-corrected chi connectivity index (χ2v) is 6.08. The Hall–Kier alpha value is -1.92. The largest absolute Gasteiger partial charge is 0.466 e. The maximum Gasteiger partial charge on any atom is 0.306 e. The zero-order valence-electron chi connectivity index (χ0n) is 13.9. The van der Waals surface area contributed by atoms with Crippen LogP contribution in [-0.2, 0) is 19.0 Å². The van der Waals surface area contributed by atoms with Crippen LogP contribution in [0.2, 0.25) is 0 Å². The molecule has 2 aliphatic rings. The van der Waals surface area contributed by atoms with E-state index in [2.05, 4.69) is 0 Å². The summed E-state index contributed by atoms with van der Waals surface area (Å²) in [6.07, 6.45) is 0.752. The third-order valence-corrected chi connectivity index (χ3v) is 4.60. The van der Waals surface area contributed by atoms with Crippen molar-refractivity contribution in [2.45, 2.75) is 25.6 Å². The average molecular weight is 333 g/mol. The van der Waals surface area contributed by atoms with E-state index in [-0.39, 0.29) is 24.2 Å². The van der Waals surface area contributed by atoms with E-state index in [4.69, 9.17) is 14.2 Å². The van der Waals surface area contributed by atoms with E-state index < -0.39 is 5.79 Å². The first kappa shape index (κ1) is 16.9. The molecule has 1 aromatic carbocycles. The summed E-state index contributed by atoms with van der Waals surface area (Å²) in [4.78, 5) is 26.4. The highest BCUT2D eigenvalue weighted by Crippen LogP contribution is 2.38. The fourth-order valence-electron chi connectivity index (χ4n) is 3.43. The predicted molar refractivity (Wildman–Crippen MR) is 86.3 cm³/mol. The molecule has 3 rings (SSSR count). The van der Waals surface area contributed by atoms with Gasteiger partial charge in [-0.1, -0.05) is 18.2 Å². The molecule has 1 atom stereocenters. The lowest BCUT2D eigenvalue weighted by molar-refractivity contribution is -0.221. The maximum absolute atomic E-state index is 12.7. The van der Waals surface area contributed by atoms with Crippen LogP contribution < -0.4 is 0 Å². The first-order valence-electron chi connectivity index (χ1n) is 8.42. The summed E-state index contributed by atoms with van der Waals surface area (Å²) >= 11 is 0. The molecule has 0 radical (unpaired) electrons. The quantitative estimate of drug-likeness (QED) is 0.787. The molecule has 6 nitrogen and oxygen atoms in total. The summed E-state index contributed by atoms with van der Waals surface area (Å²) in [6.45, 7) is 4.13. The molecule has 2 saturated heterocycles. The van der Waals surface area contributed by atoms with E-state index in [1.165, 1.54) is 0 Å². The second-order valence-electron chi connectivity index (χ2n) is 6.08. The van der Waals surface area contributed by atoms with Crippen LogP contribution in [0.5, 0.6) is 0 Å². The smallest absolute Gasteiger partial charge is 0.306 e. The zero-order valence-corrected chi connectivity index (χ0v) is 13.9. The fraction of sp³-hybridized carbons (Fsp3) is 0.556. The maximum atomic E-state index is 12.7. The average Bonchev–Trinajstić information content (AvgIpc) is 3.07. The van der Waals surface area contributed by atoms with Gasteiger partial charge in [0, 0.05) is 31.0 Å². The molecule has 0 aliphatic carbocycles. The Kier molecular flexibility index (Phi) is 5.16. The number of hydrogen-bond donors (Lipinski definition) is 0. The van der Waals surface area contributed by atoms with Crippen LogP contribution in [0.15, 0.2) is 30.3 Å². The van der Waals surface area contributed by atoms with Crippen molar-refractivity contribution in [2.24, 2.45) is 5.92 Å².